The Bertz CT molecular complexity index is 1670. The van der Waals surface area contributed by atoms with Crippen molar-refractivity contribution in [3.8, 4) is 11.5 Å². The maximum Gasteiger partial charge on any atom is 0.227 e. The van der Waals surface area contributed by atoms with Crippen LogP contribution < -0.4 is 14.8 Å². The van der Waals surface area contributed by atoms with Gasteiger partial charge in [-0.05, 0) is 54.3 Å². The normalized spacial score (nSPS) is 16.2. The fourth-order valence-electron chi connectivity index (χ4n) is 5.03. The number of carbonyl (C=O) groups excluding carboxylic acids is 1. The van der Waals surface area contributed by atoms with Crippen LogP contribution in [0, 0.1) is 0 Å². The van der Waals surface area contributed by atoms with Gasteiger partial charge >= 0.3 is 0 Å². The molecule has 41 heavy (non-hydrogen) atoms. The lowest BCUT2D eigenvalue weighted by Gasteiger charge is -2.32. The number of ether oxygens (including phenoxy) is 2. The molecule has 3 aromatic carbocycles. The molecule has 210 valence electrons. The Kier molecular flexibility index (Phi) is 8.17. The van der Waals surface area contributed by atoms with E-state index in [1.807, 2.05) is 48.5 Å². The monoisotopic (exact) mass is 626 g/mol. The summed E-state index contributed by atoms with van der Waals surface area (Å²) in [6.07, 6.45) is 2.06. The molecule has 2 aliphatic rings. The van der Waals surface area contributed by atoms with E-state index in [0.29, 0.717) is 55.4 Å². The summed E-state index contributed by atoms with van der Waals surface area (Å²) in [4.78, 5) is 18.0. The zero-order valence-electron chi connectivity index (χ0n) is 22.0. The summed E-state index contributed by atoms with van der Waals surface area (Å²) in [5, 5.41) is 10.6. The van der Waals surface area contributed by atoms with Gasteiger partial charge in [0.1, 0.15) is 12.6 Å². The van der Waals surface area contributed by atoms with Crippen LogP contribution in [0.25, 0.3) is 0 Å². The summed E-state index contributed by atoms with van der Waals surface area (Å²) in [5.41, 5.74) is 4.25. The molecule has 1 aliphatic heterocycles. The predicted octanol–water partition coefficient (Wildman–Crippen LogP) is 8.14. The first-order valence-corrected chi connectivity index (χ1v) is 15.1. The molecule has 4 aromatic rings. The van der Waals surface area contributed by atoms with Crippen LogP contribution in [0.15, 0.2) is 77.1 Å². The number of benzene rings is 3. The standard InChI is InChI=1S/C30H25Cl3N4O3S/c1-39-26-13-17(10-12-25(26)40-15-18-9-11-20(31)14-22(18)33)28-27-23(7-4-8-24(27)38)34-29-35-30(36-37(28)29)41-16-19-5-2-3-6-21(19)32/h2-3,5-6,9-14,28H,4,7-8,15-16H2,1H3,(H,34,35,36). The number of halogens is 3. The van der Waals surface area contributed by atoms with Gasteiger partial charge < -0.3 is 14.8 Å². The predicted molar refractivity (Wildman–Crippen MR) is 162 cm³/mol. The van der Waals surface area contributed by atoms with Crippen LogP contribution >= 0.6 is 46.6 Å². The highest BCUT2D eigenvalue weighted by Crippen LogP contribution is 2.43. The van der Waals surface area contributed by atoms with E-state index in [2.05, 4.69) is 5.32 Å². The number of nitrogens with one attached hydrogen (secondary N) is 1. The van der Waals surface area contributed by atoms with E-state index in [9.17, 15) is 4.79 Å². The van der Waals surface area contributed by atoms with Gasteiger partial charge in [-0.25, -0.2) is 4.68 Å². The van der Waals surface area contributed by atoms with Gasteiger partial charge in [-0.3, -0.25) is 4.79 Å². The van der Waals surface area contributed by atoms with Gasteiger partial charge in [0.05, 0.1) is 7.11 Å². The van der Waals surface area contributed by atoms with Gasteiger partial charge in [0.25, 0.3) is 0 Å². The molecule has 1 unspecified atom stereocenters. The summed E-state index contributed by atoms with van der Waals surface area (Å²) in [6.45, 7) is 0.242. The number of anilines is 1. The summed E-state index contributed by atoms with van der Waals surface area (Å²) >= 11 is 20.2. The molecule has 11 heteroatoms. The zero-order chi connectivity index (χ0) is 28.5. The fraction of sp³-hybridized carbons (Fsp3) is 0.233. The number of hydrogen-bond acceptors (Lipinski definition) is 7. The van der Waals surface area contributed by atoms with Crippen LogP contribution in [-0.4, -0.2) is 27.7 Å². The van der Waals surface area contributed by atoms with Crippen molar-refractivity contribution in [1.29, 1.82) is 0 Å². The van der Waals surface area contributed by atoms with E-state index < -0.39 is 6.04 Å². The topological polar surface area (TPSA) is 78.3 Å². The molecule has 6 rings (SSSR count). The highest BCUT2D eigenvalue weighted by Gasteiger charge is 2.37. The first-order valence-electron chi connectivity index (χ1n) is 13.0. The number of ketones is 1. The molecule has 1 aromatic heterocycles. The van der Waals surface area contributed by atoms with Crippen molar-refractivity contribution >= 4 is 58.3 Å². The third kappa shape index (κ3) is 5.79. The van der Waals surface area contributed by atoms with Crippen molar-refractivity contribution in [2.24, 2.45) is 0 Å². The summed E-state index contributed by atoms with van der Waals surface area (Å²) in [7, 11) is 1.59. The molecule has 0 saturated carbocycles. The van der Waals surface area contributed by atoms with Crippen LogP contribution in [0.5, 0.6) is 11.5 Å². The van der Waals surface area contributed by atoms with Crippen LogP contribution in [0.4, 0.5) is 5.95 Å². The Balaban J connectivity index is 1.31. The Labute approximate surface area is 256 Å². The van der Waals surface area contributed by atoms with Gasteiger partial charge in [-0.2, -0.15) is 4.98 Å². The van der Waals surface area contributed by atoms with Crippen LogP contribution in [0.1, 0.15) is 42.0 Å². The molecule has 0 radical (unpaired) electrons. The molecule has 0 bridgehead atoms. The van der Waals surface area contributed by atoms with E-state index in [1.165, 1.54) is 11.8 Å². The van der Waals surface area contributed by atoms with Gasteiger partial charge in [0, 0.05) is 44.1 Å². The molecule has 1 atom stereocenters. The lowest BCUT2D eigenvalue weighted by Crippen LogP contribution is -2.31. The van der Waals surface area contributed by atoms with Gasteiger partial charge in [0.2, 0.25) is 11.1 Å². The van der Waals surface area contributed by atoms with Crippen molar-refractivity contribution in [3.63, 3.8) is 0 Å². The van der Waals surface area contributed by atoms with E-state index >= 15 is 0 Å². The van der Waals surface area contributed by atoms with E-state index in [1.54, 1.807) is 23.9 Å². The van der Waals surface area contributed by atoms with Gasteiger partial charge in [-0.15, -0.1) is 5.10 Å². The van der Waals surface area contributed by atoms with E-state index in [0.717, 1.165) is 35.2 Å². The lowest BCUT2D eigenvalue weighted by atomic mass is 9.85. The Morgan fingerprint density at radius 1 is 1.00 bits per heavy atom. The molecular weight excluding hydrogens is 603 g/mol. The molecule has 2 heterocycles. The highest BCUT2D eigenvalue weighted by atomic mass is 35.5. The van der Waals surface area contributed by atoms with Crippen molar-refractivity contribution in [2.45, 2.75) is 42.8 Å². The minimum Gasteiger partial charge on any atom is -0.493 e. The average Bonchev–Trinajstić information content (AvgIpc) is 3.38. The number of nitrogens with zero attached hydrogens (tertiary/aromatic N) is 3. The van der Waals surface area contributed by atoms with E-state index in [-0.39, 0.29) is 12.4 Å². The summed E-state index contributed by atoms with van der Waals surface area (Å²) in [6, 6.07) is 18.2. The quantitative estimate of drug-likeness (QED) is 0.198. The van der Waals surface area contributed by atoms with Crippen LogP contribution in [0.2, 0.25) is 15.1 Å². The Morgan fingerprint density at radius 2 is 1.85 bits per heavy atom. The fourth-order valence-corrected chi connectivity index (χ4v) is 6.61. The number of rotatable bonds is 8. The molecule has 0 saturated heterocycles. The third-order valence-electron chi connectivity index (χ3n) is 7.06. The molecule has 0 fully saturated rings. The molecule has 0 spiro atoms. The molecule has 0 amide bonds. The Hall–Kier alpha value is -3.17. The first kappa shape index (κ1) is 28.0. The second kappa shape index (κ2) is 12.0. The largest absolute Gasteiger partial charge is 0.493 e. The lowest BCUT2D eigenvalue weighted by molar-refractivity contribution is -0.116. The second-order valence-corrected chi connectivity index (χ2v) is 11.9. The van der Waals surface area contributed by atoms with Crippen LogP contribution in [0.3, 0.4) is 0 Å². The highest BCUT2D eigenvalue weighted by molar-refractivity contribution is 7.98. The summed E-state index contributed by atoms with van der Waals surface area (Å²) in [5.74, 6) is 2.41. The number of carbonyl (C=O) groups is 1. The number of aromatic nitrogens is 3. The van der Waals surface area contributed by atoms with Crippen molar-refractivity contribution in [2.75, 3.05) is 12.4 Å². The minimum absolute atomic E-state index is 0.104. The molecule has 1 aliphatic carbocycles. The smallest absolute Gasteiger partial charge is 0.227 e. The third-order valence-corrected chi connectivity index (χ3v) is 8.91. The van der Waals surface area contributed by atoms with Crippen molar-refractivity contribution < 1.29 is 14.3 Å². The van der Waals surface area contributed by atoms with Crippen molar-refractivity contribution in [3.05, 3.63) is 104 Å². The number of hydrogen-bond donors (Lipinski definition) is 1. The number of fused-ring (bicyclic) bond motifs is 1. The van der Waals surface area contributed by atoms with E-state index in [4.69, 9.17) is 54.4 Å². The SMILES string of the molecule is COc1cc(C2C3=C(CCCC3=O)Nc3nc(SCc4ccccc4Cl)nn32)ccc1OCc1ccc(Cl)cc1Cl. The number of Topliss-reactive ketones (excluding diaryl/α,β-unsaturated/α-hetero) is 1. The van der Waals surface area contributed by atoms with Gasteiger partial charge in [0.15, 0.2) is 17.3 Å². The van der Waals surface area contributed by atoms with Crippen molar-refractivity contribution in [1.82, 2.24) is 14.8 Å². The Morgan fingerprint density at radius 3 is 2.66 bits per heavy atom. The molecule has 1 N–H and O–H groups in total. The number of allylic oxidation sites excluding steroid dienone is 2. The zero-order valence-corrected chi connectivity index (χ0v) is 25.1. The maximum absolute atomic E-state index is 13.3. The number of thioether (sulfide) groups is 1. The maximum atomic E-state index is 13.3. The molecular formula is C30H25Cl3N4O3S. The van der Waals surface area contributed by atoms with Crippen LogP contribution in [-0.2, 0) is 17.2 Å². The number of methoxy groups -OCH3 is 1. The molecule has 7 nitrogen and oxygen atoms in total. The second-order valence-electron chi connectivity index (χ2n) is 9.67. The summed E-state index contributed by atoms with van der Waals surface area (Å²) < 4.78 is 13.6. The first-order chi connectivity index (χ1) is 19.9. The minimum atomic E-state index is -0.454. The average molecular weight is 628 g/mol. The van der Waals surface area contributed by atoms with Gasteiger partial charge in [-0.1, -0.05) is 76.9 Å².